The van der Waals surface area contributed by atoms with Crippen molar-refractivity contribution in [1.82, 2.24) is 0 Å². The van der Waals surface area contributed by atoms with Crippen molar-refractivity contribution < 1.29 is 14.7 Å². The number of rotatable bonds is 2. The van der Waals surface area contributed by atoms with Crippen LogP contribution in [-0.2, 0) is 9.59 Å². The highest BCUT2D eigenvalue weighted by atomic mass is 16.3. The Hall–Kier alpha value is -0.960. The summed E-state index contributed by atoms with van der Waals surface area (Å²) >= 11 is 0. The van der Waals surface area contributed by atoms with Crippen molar-refractivity contribution in [3.8, 4) is 0 Å². The van der Waals surface area contributed by atoms with Gasteiger partial charge in [-0.2, -0.15) is 0 Å². The van der Waals surface area contributed by atoms with Crippen LogP contribution in [0.3, 0.4) is 0 Å². The van der Waals surface area contributed by atoms with Crippen LogP contribution in [0.5, 0.6) is 0 Å². The number of aliphatic hydroxyl groups is 1. The first kappa shape index (κ1) is 19.4. The van der Waals surface area contributed by atoms with E-state index in [9.17, 15) is 14.7 Å². The van der Waals surface area contributed by atoms with Crippen molar-refractivity contribution in [2.75, 3.05) is 6.61 Å². The SMILES string of the molecule is C[C@]12CCC3=CC(=O)CC[C@@]3(C)[C@]1(C)CC[C@@]1(C)[C@H](C(=O)CO)CC[C@]21C. The summed E-state index contributed by atoms with van der Waals surface area (Å²) in [7, 11) is 0. The molecule has 0 heterocycles. The fraction of sp³-hybridized carbons (Fsp3) is 0.833. The van der Waals surface area contributed by atoms with Gasteiger partial charge in [-0.3, -0.25) is 9.59 Å². The summed E-state index contributed by atoms with van der Waals surface area (Å²) in [4.78, 5) is 24.7. The minimum atomic E-state index is -0.322. The highest BCUT2D eigenvalue weighted by Crippen LogP contribution is 2.81. The van der Waals surface area contributed by atoms with Crippen LogP contribution in [0.2, 0.25) is 0 Å². The molecule has 27 heavy (non-hydrogen) atoms. The molecule has 0 unspecified atom stereocenters. The Labute approximate surface area is 164 Å². The molecule has 4 rings (SSSR count). The zero-order valence-electron chi connectivity index (χ0n) is 17.8. The molecule has 4 aliphatic rings. The third kappa shape index (κ3) is 1.97. The Morgan fingerprint density at radius 3 is 2.33 bits per heavy atom. The number of aliphatic hydroxyl groups excluding tert-OH is 1. The number of hydrogen-bond donors (Lipinski definition) is 1. The molecular formula is C24H36O3. The maximum Gasteiger partial charge on any atom is 0.161 e. The normalized spacial score (nSPS) is 51.9. The minimum absolute atomic E-state index is 0.00782. The molecule has 0 aromatic carbocycles. The van der Waals surface area contributed by atoms with E-state index in [1.54, 1.807) is 0 Å². The Balaban J connectivity index is 1.84. The lowest BCUT2D eigenvalue weighted by atomic mass is 9.31. The van der Waals surface area contributed by atoms with Crippen LogP contribution in [0.25, 0.3) is 0 Å². The molecule has 0 aliphatic heterocycles. The summed E-state index contributed by atoms with van der Waals surface area (Å²) in [6.07, 6.45) is 9.85. The van der Waals surface area contributed by atoms with E-state index >= 15 is 0 Å². The maximum atomic E-state index is 12.6. The quantitative estimate of drug-likeness (QED) is 0.752. The summed E-state index contributed by atoms with van der Waals surface area (Å²) in [6.45, 7) is 11.9. The van der Waals surface area contributed by atoms with Gasteiger partial charge in [-0.1, -0.05) is 40.2 Å². The van der Waals surface area contributed by atoms with Gasteiger partial charge in [-0.15, -0.1) is 0 Å². The predicted octanol–water partition coefficient (Wildman–Crippen LogP) is 4.87. The van der Waals surface area contributed by atoms with E-state index in [1.165, 1.54) is 5.57 Å². The van der Waals surface area contributed by atoms with Gasteiger partial charge in [0.25, 0.3) is 0 Å². The zero-order valence-corrected chi connectivity index (χ0v) is 17.8. The van der Waals surface area contributed by atoms with Gasteiger partial charge in [0, 0.05) is 12.3 Å². The van der Waals surface area contributed by atoms with Gasteiger partial charge in [0.2, 0.25) is 0 Å². The molecule has 6 atom stereocenters. The monoisotopic (exact) mass is 372 g/mol. The molecule has 0 radical (unpaired) electrons. The maximum absolute atomic E-state index is 12.6. The van der Waals surface area contributed by atoms with E-state index in [-0.39, 0.29) is 45.4 Å². The van der Waals surface area contributed by atoms with Gasteiger partial charge < -0.3 is 5.11 Å². The number of allylic oxidation sites excluding steroid dienone is 1. The van der Waals surface area contributed by atoms with Crippen LogP contribution in [-0.4, -0.2) is 23.3 Å². The highest BCUT2D eigenvalue weighted by Gasteiger charge is 2.74. The van der Waals surface area contributed by atoms with Crippen LogP contribution < -0.4 is 0 Å². The largest absolute Gasteiger partial charge is 0.389 e. The molecule has 0 bridgehead atoms. The first-order valence-electron chi connectivity index (χ1n) is 10.9. The lowest BCUT2D eigenvalue weighted by molar-refractivity contribution is -0.226. The predicted molar refractivity (Wildman–Crippen MR) is 106 cm³/mol. The van der Waals surface area contributed by atoms with Crippen LogP contribution in [0.1, 0.15) is 86.0 Å². The third-order valence-corrected chi connectivity index (χ3v) is 11.1. The molecule has 3 fully saturated rings. The van der Waals surface area contributed by atoms with Crippen molar-refractivity contribution in [2.24, 2.45) is 33.0 Å². The van der Waals surface area contributed by atoms with Crippen molar-refractivity contribution in [3.05, 3.63) is 11.6 Å². The molecule has 3 nitrogen and oxygen atoms in total. The average Bonchev–Trinajstić information content (AvgIpc) is 2.91. The second kappa shape index (κ2) is 5.55. The number of carbonyl (C=O) groups excluding carboxylic acids is 2. The van der Waals surface area contributed by atoms with Crippen molar-refractivity contribution in [2.45, 2.75) is 86.0 Å². The minimum Gasteiger partial charge on any atom is -0.389 e. The smallest absolute Gasteiger partial charge is 0.161 e. The van der Waals surface area contributed by atoms with Gasteiger partial charge in [-0.25, -0.2) is 0 Å². The highest BCUT2D eigenvalue weighted by molar-refractivity contribution is 5.91. The number of hydrogen-bond acceptors (Lipinski definition) is 3. The first-order chi connectivity index (χ1) is 12.5. The van der Waals surface area contributed by atoms with E-state index in [1.807, 2.05) is 6.08 Å². The molecule has 3 saturated carbocycles. The topological polar surface area (TPSA) is 54.4 Å². The summed E-state index contributed by atoms with van der Waals surface area (Å²) in [5.74, 6) is 0.335. The fourth-order valence-electron chi connectivity index (χ4n) is 8.56. The molecule has 3 heteroatoms. The molecule has 0 aromatic heterocycles. The number of ketones is 2. The Morgan fingerprint density at radius 2 is 1.67 bits per heavy atom. The Bertz CT molecular complexity index is 738. The van der Waals surface area contributed by atoms with Crippen LogP contribution in [0, 0.1) is 33.0 Å². The van der Waals surface area contributed by atoms with Crippen molar-refractivity contribution in [1.29, 1.82) is 0 Å². The van der Waals surface area contributed by atoms with Crippen molar-refractivity contribution >= 4 is 11.6 Å². The number of fused-ring (bicyclic) bond motifs is 5. The summed E-state index contributed by atoms with van der Waals surface area (Å²) in [5, 5.41) is 9.56. The summed E-state index contributed by atoms with van der Waals surface area (Å²) in [6, 6.07) is 0. The van der Waals surface area contributed by atoms with Crippen molar-refractivity contribution in [3.63, 3.8) is 0 Å². The summed E-state index contributed by atoms with van der Waals surface area (Å²) in [5.41, 5.74) is 1.77. The van der Waals surface area contributed by atoms with Crippen LogP contribution in [0.4, 0.5) is 0 Å². The molecule has 0 spiro atoms. The van der Waals surface area contributed by atoms with E-state index in [2.05, 4.69) is 34.6 Å². The van der Waals surface area contributed by atoms with E-state index in [4.69, 9.17) is 0 Å². The molecule has 0 amide bonds. The van der Waals surface area contributed by atoms with Crippen LogP contribution >= 0.6 is 0 Å². The lowest BCUT2D eigenvalue weighted by Crippen LogP contribution is -2.66. The molecule has 150 valence electrons. The lowest BCUT2D eigenvalue weighted by Gasteiger charge is -2.73. The molecule has 0 saturated heterocycles. The standard InChI is InChI=1S/C24H36O3/c1-20-9-7-17(26)14-16(20)6-10-24(5)22(3)11-8-18(19(27)15-25)21(22,2)12-13-23(20,24)4/h14,18,25H,6-13,15H2,1-5H3/t18-,20+,21-,22-,23-,24+/m0/s1. The molecule has 4 aliphatic carbocycles. The van der Waals surface area contributed by atoms with E-state index in [0.717, 1.165) is 44.9 Å². The summed E-state index contributed by atoms with van der Waals surface area (Å²) < 4.78 is 0. The van der Waals surface area contributed by atoms with Crippen LogP contribution in [0.15, 0.2) is 11.6 Å². The van der Waals surface area contributed by atoms with Gasteiger partial charge in [-0.05, 0) is 78.1 Å². The van der Waals surface area contributed by atoms with Gasteiger partial charge >= 0.3 is 0 Å². The molecule has 1 N–H and O–H groups in total. The number of Topliss-reactive ketones (excluding diaryl/α,β-unsaturated/α-hetero) is 1. The Kier molecular flexibility index (Phi) is 3.98. The average molecular weight is 373 g/mol. The molecular weight excluding hydrogens is 336 g/mol. The number of carbonyl (C=O) groups is 2. The van der Waals surface area contributed by atoms with Gasteiger partial charge in [0.05, 0.1) is 0 Å². The second-order valence-corrected chi connectivity index (χ2v) is 11.1. The third-order valence-electron chi connectivity index (χ3n) is 11.1. The van der Waals surface area contributed by atoms with E-state index in [0.29, 0.717) is 12.2 Å². The van der Waals surface area contributed by atoms with E-state index < -0.39 is 0 Å². The molecule has 0 aromatic rings. The fourth-order valence-corrected chi connectivity index (χ4v) is 8.56. The van der Waals surface area contributed by atoms with Gasteiger partial charge in [0.15, 0.2) is 11.6 Å². The second-order valence-electron chi connectivity index (χ2n) is 11.1. The zero-order chi connectivity index (χ0) is 19.9. The Morgan fingerprint density at radius 1 is 0.963 bits per heavy atom. The first-order valence-corrected chi connectivity index (χ1v) is 10.9. The van der Waals surface area contributed by atoms with Gasteiger partial charge in [0.1, 0.15) is 6.61 Å².